The molecule has 3 heteroatoms. The molecule has 2 aliphatic rings. The average molecular weight is 251 g/mol. The lowest BCUT2D eigenvalue weighted by Gasteiger charge is -2.36. The Morgan fingerprint density at radius 1 is 1.11 bits per heavy atom. The Balaban J connectivity index is 1.64. The summed E-state index contributed by atoms with van der Waals surface area (Å²) >= 11 is 0. The number of hydrogen-bond donors (Lipinski definition) is 0. The molecule has 1 aromatic carbocycles. The van der Waals surface area contributed by atoms with E-state index in [1.807, 2.05) is 18.2 Å². The van der Waals surface area contributed by atoms with E-state index in [1.165, 1.54) is 5.56 Å². The van der Waals surface area contributed by atoms with Crippen molar-refractivity contribution in [2.24, 2.45) is 5.41 Å². The van der Waals surface area contributed by atoms with Crippen molar-refractivity contribution in [3.63, 3.8) is 0 Å². The molecule has 18 heavy (non-hydrogen) atoms. The number of alkyl halides is 2. The van der Waals surface area contributed by atoms with Gasteiger partial charge in [0.25, 0.3) is 5.92 Å². The van der Waals surface area contributed by atoms with E-state index in [-0.39, 0.29) is 6.42 Å². The number of benzene rings is 1. The van der Waals surface area contributed by atoms with Crippen LogP contribution in [-0.2, 0) is 0 Å². The summed E-state index contributed by atoms with van der Waals surface area (Å²) < 4.78 is 26.6. The van der Waals surface area contributed by atoms with E-state index in [1.54, 1.807) is 0 Å². The lowest BCUT2D eigenvalue weighted by Crippen LogP contribution is -2.38. The minimum Gasteiger partial charge on any atom is -0.297 e. The Hall–Kier alpha value is -0.960. The molecular weight excluding hydrogens is 232 g/mol. The van der Waals surface area contributed by atoms with Crippen LogP contribution in [0.5, 0.6) is 0 Å². The molecule has 1 saturated heterocycles. The second kappa shape index (κ2) is 4.02. The van der Waals surface area contributed by atoms with Gasteiger partial charge in [0.1, 0.15) is 0 Å². The van der Waals surface area contributed by atoms with Crippen molar-refractivity contribution in [3.05, 3.63) is 35.9 Å². The van der Waals surface area contributed by atoms with Crippen LogP contribution in [0.15, 0.2) is 30.3 Å². The normalized spacial score (nSPS) is 27.1. The van der Waals surface area contributed by atoms with Gasteiger partial charge in [0.2, 0.25) is 0 Å². The summed E-state index contributed by atoms with van der Waals surface area (Å²) in [6.07, 6.45) is 1.42. The third-order valence-corrected chi connectivity index (χ3v) is 4.80. The molecule has 98 valence electrons. The molecule has 2 fully saturated rings. The Morgan fingerprint density at radius 2 is 1.67 bits per heavy atom. The maximum absolute atomic E-state index is 13.3. The van der Waals surface area contributed by atoms with Gasteiger partial charge in [-0.3, -0.25) is 4.90 Å². The van der Waals surface area contributed by atoms with E-state index in [0.717, 1.165) is 13.1 Å². The van der Waals surface area contributed by atoms with Gasteiger partial charge in [-0.15, -0.1) is 0 Å². The number of piperidine rings is 1. The Kier molecular flexibility index (Phi) is 2.70. The lowest BCUT2D eigenvalue weighted by molar-refractivity contribution is 0.0236. The van der Waals surface area contributed by atoms with Crippen molar-refractivity contribution in [1.82, 2.24) is 4.90 Å². The van der Waals surface area contributed by atoms with Crippen LogP contribution in [0.3, 0.4) is 0 Å². The first-order valence-corrected chi connectivity index (χ1v) is 6.71. The molecule has 1 nitrogen and oxygen atoms in total. The maximum atomic E-state index is 13.3. The molecule has 1 atom stereocenters. The van der Waals surface area contributed by atoms with Gasteiger partial charge < -0.3 is 0 Å². The molecule has 1 heterocycles. The topological polar surface area (TPSA) is 3.24 Å². The third kappa shape index (κ3) is 1.85. The highest BCUT2D eigenvalue weighted by Gasteiger charge is 2.70. The van der Waals surface area contributed by atoms with Crippen LogP contribution in [0, 0.1) is 5.41 Å². The fourth-order valence-corrected chi connectivity index (χ4v) is 3.21. The number of nitrogens with zero attached hydrogens (tertiary/aromatic N) is 1. The second-order valence-electron chi connectivity index (χ2n) is 5.78. The summed E-state index contributed by atoms with van der Waals surface area (Å²) in [4.78, 5) is 2.33. The number of rotatable bonds is 2. The molecule has 0 radical (unpaired) electrons. The van der Waals surface area contributed by atoms with E-state index in [9.17, 15) is 8.78 Å². The van der Waals surface area contributed by atoms with E-state index in [4.69, 9.17) is 0 Å². The molecule has 1 saturated carbocycles. The van der Waals surface area contributed by atoms with Crippen molar-refractivity contribution < 1.29 is 8.78 Å². The molecule has 0 amide bonds. The maximum Gasteiger partial charge on any atom is 0.254 e. The first-order valence-electron chi connectivity index (χ1n) is 6.71. The second-order valence-corrected chi connectivity index (χ2v) is 5.78. The summed E-state index contributed by atoms with van der Waals surface area (Å²) in [5.41, 5.74) is 0.635. The van der Waals surface area contributed by atoms with Crippen molar-refractivity contribution in [1.29, 1.82) is 0 Å². The van der Waals surface area contributed by atoms with Crippen molar-refractivity contribution in [2.45, 2.75) is 38.2 Å². The predicted octanol–water partition coefficient (Wildman–Crippen LogP) is 3.87. The highest BCUT2D eigenvalue weighted by molar-refractivity contribution is 5.19. The highest BCUT2D eigenvalue weighted by atomic mass is 19.3. The molecular formula is C15H19F2N. The summed E-state index contributed by atoms with van der Waals surface area (Å²) in [5.74, 6) is -2.38. The van der Waals surface area contributed by atoms with Gasteiger partial charge in [-0.05, 0) is 38.4 Å². The fraction of sp³-hybridized carbons (Fsp3) is 0.600. The van der Waals surface area contributed by atoms with E-state index in [0.29, 0.717) is 18.9 Å². The monoisotopic (exact) mass is 251 g/mol. The van der Waals surface area contributed by atoms with Crippen molar-refractivity contribution >= 4 is 0 Å². The Labute approximate surface area is 107 Å². The van der Waals surface area contributed by atoms with Crippen LogP contribution >= 0.6 is 0 Å². The molecule has 3 rings (SSSR count). The van der Waals surface area contributed by atoms with Gasteiger partial charge in [0.05, 0.1) is 0 Å². The first kappa shape index (κ1) is 12.1. The van der Waals surface area contributed by atoms with Gasteiger partial charge in [0, 0.05) is 17.9 Å². The summed E-state index contributed by atoms with van der Waals surface area (Å²) in [7, 11) is 0. The summed E-state index contributed by atoms with van der Waals surface area (Å²) in [6.45, 7) is 3.76. The smallest absolute Gasteiger partial charge is 0.254 e. The quantitative estimate of drug-likeness (QED) is 0.771. The van der Waals surface area contributed by atoms with Crippen LogP contribution in [0.4, 0.5) is 8.78 Å². The molecule has 1 spiro atoms. The summed E-state index contributed by atoms with van der Waals surface area (Å²) in [6, 6.07) is 10.6. The molecule has 1 aliphatic heterocycles. The van der Waals surface area contributed by atoms with Gasteiger partial charge in [-0.1, -0.05) is 30.3 Å². The SMILES string of the molecule is CC(c1ccccc1)N1CCC2(CC1)CC2(F)F. The minimum atomic E-state index is -2.38. The van der Waals surface area contributed by atoms with Crippen LogP contribution in [-0.4, -0.2) is 23.9 Å². The molecule has 0 N–H and O–H groups in total. The van der Waals surface area contributed by atoms with Crippen LogP contribution in [0.2, 0.25) is 0 Å². The molecule has 1 unspecified atom stereocenters. The standard InChI is InChI=1S/C15H19F2N/c1-12(13-5-3-2-4-6-13)18-9-7-14(8-10-18)11-15(14,16)17/h2-6,12H,7-11H2,1H3. The minimum absolute atomic E-state index is 0.119. The van der Waals surface area contributed by atoms with Crippen LogP contribution < -0.4 is 0 Å². The zero-order chi connectivity index (χ0) is 12.8. The lowest BCUT2D eigenvalue weighted by atomic mass is 9.91. The van der Waals surface area contributed by atoms with Gasteiger partial charge in [-0.25, -0.2) is 8.78 Å². The van der Waals surface area contributed by atoms with Gasteiger partial charge in [-0.2, -0.15) is 0 Å². The number of halogens is 2. The molecule has 0 aromatic heterocycles. The highest BCUT2D eigenvalue weighted by Crippen LogP contribution is 2.66. The Bertz CT molecular complexity index is 421. The number of likely N-dealkylation sites (tertiary alicyclic amines) is 1. The van der Waals surface area contributed by atoms with E-state index >= 15 is 0 Å². The van der Waals surface area contributed by atoms with E-state index in [2.05, 4.69) is 24.0 Å². The summed E-state index contributed by atoms with van der Waals surface area (Å²) in [5, 5.41) is 0. The zero-order valence-corrected chi connectivity index (χ0v) is 10.7. The van der Waals surface area contributed by atoms with Crippen molar-refractivity contribution in [2.75, 3.05) is 13.1 Å². The molecule has 0 bridgehead atoms. The van der Waals surface area contributed by atoms with E-state index < -0.39 is 11.3 Å². The largest absolute Gasteiger partial charge is 0.297 e. The third-order valence-electron chi connectivity index (χ3n) is 4.80. The molecule has 1 aliphatic carbocycles. The van der Waals surface area contributed by atoms with Gasteiger partial charge in [0.15, 0.2) is 0 Å². The van der Waals surface area contributed by atoms with Gasteiger partial charge >= 0.3 is 0 Å². The first-order chi connectivity index (χ1) is 8.54. The Morgan fingerprint density at radius 3 is 2.17 bits per heavy atom. The van der Waals surface area contributed by atoms with Crippen LogP contribution in [0.25, 0.3) is 0 Å². The number of hydrogen-bond acceptors (Lipinski definition) is 1. The zero-order valence-electron chi connectivity index (χ0n) is 10.7. The average Bonchev–Trinajstić information content (AvgIpc) is 2.91. The molecule has 1 aromatic rings. The fourth-order valence-electron chi connectivity index (χ4n) is 3.21. The predicted molar refractivity (Wildman–Crippen MR) is 67.7 cm³/mol. The van der Waals surface area contributed by atoms with Crippen molar-refractivity contribution in [3.8, 4) is 0 Å². The van der Waals surface area contributed by atoms with Crippen LogP contribution in [0.1, 0.15) is 37.8 Å².